The first-order valence-electron chi connectivity index (χ1n) is 14.6. The van der Waals surface area contributed by atoms with Gasteiger partial charge in [-0.15, -0.1) is 24.9 Å². The number of benzene rings is 1. The number of esters is 1. The van der Waals surface area contributed by atoms with Crippen molar-refractivity contribution in [3.63, 3.8) is 0 Å². The Balaban J connectivity index is 1.72. The molecule has 2 bridgehead atoms. The van der Waals surface area contributed by atoms with Gasteiger partial charge >= 0.3 is 5.97 Å². The van der Waals surface area contributed by atoms with Crippen molar-refractivity contribution in [1.82, 2.24) is 4.90 Å². The van der Waals surface area contributed by atoms with Gasteiger partial charge in [0.1, 0.15) is 6.04 Å². The second kappa shape index (κ2) is 12.9. The summed E-state index contributed by atoms with van der Waals surface area (Å²) in [6, 6.07) is 5.25. The van der Waals surface area contributed by atoms with E-state index in [1.807, 2.05) is 38.1 Å². The number of carbonyl (C=O) groups excluding carboxylic acids is 3. The maximum atomic E-state index is 14.7. The highest BCUT2D eigenvalue weighted by Gasteiger charge is 2.76. The number of amides is 2. The highest BCUT2D eigenvalue weighted by Crippen LogP contribution is 2.69. The van der Waals surface area contributed by atoms with Gasteiger partial charge in [0.05, 0.1) is 23.2 Å². The second-order valence-electron chi connectivity index (χ2n) is 11.4. The van der Waals surface area contributed by atoms with E-state index >= 15 is 0 Å². The fraction of sp³-hybridized carbons (Fsp3) is 0.594. The maximum absolute atomic E-state index is 14.7. The van der Waals surface area contributed by atoms with Gasteiger partial charge in [0.2, 0.25) is 5.91 Å². The normalized spacial score (nSPS) is 28.4. The summed E-state index contributed by atoms with van der Waals surface area (Å²) in [6.07, 6.45) is 7.99. The van der Waals surface area contributed by atoms with E-state index in [4.69, 9.17) is 4.74 Å². The Kier molecular flexibility index (Phi) is 9.83. The van der Waals surface area contributed by atoms with E-state index < -0.39 is 22.6 Å². The molecule has 6 atom stereocenters. The molecule has 3 aliphatic heterocycles. The topological polar surface area (TPSA) is 87.1 Å². The van der Waals surface area contributed by atoms with Gasteiger partial charge in [-0.3, -0.25) is 14.4 Å². The zero-order chi connectivity index (χ0) is 29.0. The molecular weight excluding hydrogens is 524 g/mol. The monoisotopic (exact) mass is 568 g/mol. The molecule has 1 aromatic rings. The van der Waals surface area contributed by atoms with Crippen LogP contribution in [0.2, 0.25) is 0 Å². The molecule has 40 heavy (non-hydrogen) atoms. The number of hydrogen-bond donors (Lipinski definition) is 1. The summed E-state index contributed by atoms with van der Waals surface area (Å²) >= 11 is 1.66. The summed E-state index contributed by atoms with van der Waals surface area (Å²) in [6.45, 7) is 14.8. The number of aliphatic hydroxyl groups excluding tert-OH is 1. The summed E-state index contributed by atoms with van der Waals surface area (Å²) in [5.41, 5.74) is 2.81. The molecule has 218 valence electrons. The first-order chi connectivity index (χ1) is 19.2. The van der Waals surface area contributed by atoms with Crippen LogP contribution in [0.15, 0.2) is 43.5 Å². The number of hydrogen-bond acceptors (Lipinski definition) is 6. The number of nitrogens with zero attached hydrogens (tertiary/aromatic N) is 2. The average Bonchev–Trinajstić information content (AvgIpc) is 3.51. The Morgan fingerprint density at radius 3 is 2.55 bits per heavy atom. The minimum absolute atomic E-state index is 0.0221. The summed E-state index contributed by atoms with van der Waals surface area (Å²) in [7, 11) is 0. The van der Waals surface area contributed by atoms with Crippen LogP contribution in [-0.2, 0) is 19.1 Å². The molecule has 3 saturated heterocycles. The Labute approximate surface area is 243 Å². The molecule has 0 saturated carbocycles. The van der Waals surface area contributed by atoms with Crippen LogP contribution in [0.4, 0.5) is 5.69 Å². The predicted molar refractivity (Wildman–Crippen MR) is 160 cm³/mol. The molecule has 3 heterocycles. The third kappa shape index (κ3) is 5.25. The van der Waals surface area contributed by atoms with E-state index in [0.717, 1.165) is 42.5 Å². The van der Waals surface area contributed by atoms with Gasteiger partial charge in [-0.05, 0) is 69.4 Å². The molecule has 3 unspecified atom stereocenters. The van der Waals surface area contributed by atoms with E-state index in [-0.39, 0.29) is 35.6 Å². The first kappa shape index (κ1) is 30.4. The van der Waals surface area contributed by atoms with Crippen LogP contribution in [0.5, 0.6) is 0 Å². The van der Waals surface area contributed by atoms with Crippen LogP contribution in [-0.4, -0.2) is 70.1 Å². The van der Waals surface area contributed by atoms with Crippen molar-refractivity contribution in [2.75, 3.05) is 31.2 Å². The Morgan fingerprint density at radius 1 is 1.18 bits per heavy atom. The van der Waals surface area contributed by atoms with Crippen molar-refractivity contribution < 1.29 is 24.2 Å². The van der Waals surface area contributed by atoms with Gasteiger partial charge in [0, 0.05) is 30.6 Å². The number of rotatable bonds is 14. The SMILES string of the molecule is C=CCCCCOC(=O)[C@@H]1[C@H]2C(=O)N(CCCCO)C(C(=O)N(CC=C)c3c(C)cccc3C)C23S[C@@H]1CC3C. The number of ether oxygens (including phenoxy) is 1. The molecule has 3 fully saturated rings. The lowest BCUT2D eigenvalue weighted by molar-refractivity contribution is -0.154. The molecule has 0 radical (unpaired) electrons. The van der Waals surface area contributed by atoms with Crippen LogP contribution in [0.25, 0.3) is 0 Å². The highest BCUT2D eigenvalue weighted by molar-refractivity contribution is 8.02. The van der Waals surface area contributed by atoms with Gasteiger partial charge in [0.15, 0.2) is 0 Å². The number of unbranched alkanes of at least 4 members (excludes halogenated alkanes) is 3. The second-order valence-corrected chi connectivity index (χ2v) is 13.0. The van der Waals surface area contributed by atoms with Crippen LogP contribution in [0.3, 0.4) is 0 Å². The molecule has 1 N–H and O–H groups in total. The summed E-state index contributed by atoms with van der Waals surface area (Å²) < 4.78 is 5.02. The number of allylic oxidation sites excluding steroid dienone is 1. The molecule has 8 heteroatoms. The first-order valence-corrected chi connectivity index (χ1v) is 15.5. The number of fused-ring (bicyclic) bond motifs is 1. The Morgan fingerprint density at radius 2 is 1.90 bits per heavy atom. The number of carbonyl (C=O) groups is 3. The van der Waals surface area contributed by atoms with E-state index in [0.29, 0.717) is 32.5 Å². The van der Waals surface area contributed by atoms with Gasteiger partial charge in [-0.2, -0.15) is 0 Å². The number of aryl methyl sites for hydroxylation is 2. The molecule has 1 aromatic carbocycles. The van der Waals surface area contributed by atoms with Gasteiger partial charge in [-0.1, -0.05) is 37.3 Å². The predicted octanol–water partition coefficient (Wildman–Crippen LogP) is 4.83. The molecule has 2 amide bonds. The van der Waals surface area contributed by atoms with Crippen LogP contribution in [0, 0.1) is 31.6 Å². The Hall–Kier alpha value is -2.58. The highest BCUT2D eigenvalue weighted by atomic mass is 32.2. The van der Waals surface area contributed by atoms with Crippen molar-refractivity contribution in [2.24, 2.45) is 17.8 Å². The maximum Gasteiger partial charge on any atom is 0.310 e. The van der Waals surface area contributed by atoms with Gasteiger partial charge < -0.3 is 19.6 Å². The van der Waals surface area contributed by atoms with Crippen LogP contribution >= 0.6 is 11.8 Å². The number of aliphatic hydroxyl groups is 1. The lowest BCUT2D eigenvalue weighted by Gasteiger charge is -2.41. The summed E-state index contributed by atoms with van der Waals surface area (Å²) in [4.78, 5) is 46.0. The van der Waals surface area contributed by atoms with Crippen molar-refractivity contribution in [3.05, 3.63) is 54.6 Å². The quantitative estimate of drug-likeness (QED) is 0.197. The average molecular weight is 569 g/mol. The minimum Gasteiger partial charge on any atom is -0.465 e. The third-order valence-corrected chi connectivity index (χ3v) is 11.0. The van der Waals surface area contributed by atoms with E-state index in [2.05, 4.69) is 20.1 Å². The van der Waals surface area contributed by atoms with E-state index in [1.54, 1.807) is 27.6 Å². The lowest BCUT2D eigenvalue weighted by atomic mass is 9.66. The largest absolute Gasteiger partial charge is 0.465 e. The minimum atomic E-state index is -0.710. The van der Waals surface area contributed by atoms with Crippen molar-refractivity contribution in [3.8, 4) is 0 Å². The number of thioether (sulfide) groups is 1. The van der Waals surface area contributed by atoms with Crippen LogP contribution < -0.4 is 4.90 Å². The van der Waals surface area contributed by atoms with Crippen LogP contribution in [0.1, 0.15) is 56.6 Å². The molecular formula is C32H44N2O5S. The molecule has 7 nitrogen and oxygen atoms in total. The Bertz CT molecular complexity index is 1120. The zero-order valence-corrected chi connectivity index (χ0v) is 25.0. The third-order valence-electron chi connectivity index (χ3n) is 8.89. The summed E-state index contributed by atoms with van der Waals surface area (Å²) in [5.74, 6) is -1.65. The smallest absolute Gasteiger partial charge is 0.310 e. The van der Waals surface area contributed by atoms with E-state index in [1.165, 1.54) is 0 Å². The molecule has 0 aromatic heterocycles. The van der Waals surface area contributed by atoms with Gasteiger partial charge in [0.25, 0.3) is 5.91 Å². The molecule has 4 rings (SSSR count). The molecule has 3 aliphatic rings. The molecule has 1 spiro atoms. The number of anilines is 1. The van der Waals surface area contributed by atoms with Crippen molar-refractivity contribution >= 4 is 35.2 Å². The standard InChI is InChI=1S/C32H44N2O5S/c1-6-8-9-12-19-39-31(38)25-24-20-23(5)32(40-24)26(25)29(36)34(17-10-11-18-35)28(32)30(37)33(16-7-2)27-21(3)14-13-15-22(27)4/h6-7,13-15,23-26,28,35H,1-2,8-12,16-20H2,3-5H3/t23?,24-,25+,26+,28?,32?/m1/s1. The fourth-order valence-corrected chi connectivity index (χ4v) is 9.56. The van der Waals surface area contributed by atoms with Crippen molar-refractivity contribution in [1.29, 1.82) is 0 Å². The number of likely N-dealkylation sites (tertiary alicyclic amines) is 1. The summed E-state index contributed by atoms with van der Waals surface area (Å²) in [5, 5.41) is 9.40. The van der Waals surface area contributed by atoms with Gasteiger partial charge in [-0.25, -0.2) is 0 Å². The molecule has 0 aliphatic carbocycles. The van der Waals surface area contributed by atoms with E-state index in [9.17, 15) is 19.5 Å². The fourth-order valence-electron chi connectivity index (χ4n) is 7.16. The zero-order valence-electron chi connectivity index (χ0n) is 24.1. The van der Waals surface area contributed by atoms with Crippen molar-refractivity contribution in [2.45, 2.75) is 75.3 Å². The lowest BCUT2D eigenvalue weighted by Crippen LogP contribution is -2.57. The number of para-hydroxylation sites is 1.